The molecular formula is C17H25N5O. The quantitative estimate of drug-likeness (QED) is 0.939. The zero-order valence-electron chi connectivity index (χ0n) is 14.2. The second-order valence-corrected chi connectivity index (χ2v) is 6.46. The average Bonchev–Trinajstić information content (AvgIpc) is 3.16. The molecule has 1 aliphatic rings. The molecule has 0 bridgehead atoms. The maximum Gasteiger partial charge on any atom is 0.222 e. The third-order valence-electron chi connectivity index (χ3n) is 4.98. The molecule has 1 amide bonds. The number of likely N-dealkylation sites (tertiary alicyclic amines) is 1. The van der Waals surface area contributed by atoms with E-state index in [-0.39, 0.29) is 5.91 Å². The van der Waals surface area contributed by atoms with E-state index in [1.807, 2.05) is 29.6 Å². The summed E-state index contributed by atoms with van der Waals surface area (Å²) < 4.78 is 1.89. The summed E-state index contributed by atoms with van der Waals surface area (Å²) in [5, 5.41) is 11.5. The number of nitrogens with one attached hydrogen (secondary N) is 1. The molecule has 1 aliphatic heterocycles. The van der Waals surface area contributed by atoms with Gasteiger partial charge in [-0.1, -0.05) is 0 Å². The van der Waals surface area contributed by atoms with Crippen LogP contribution in [0, 0.1) is 13.8 Å². The molecule has 0 spiro atoms. The predicted octanol–water partition coefficient (Wildman–Crippen LogP) is 2.10. The Labute approximate surface area is 136 Å². The first kappa shape index (κ1) is 15.8. The number of carbonyl (C=O) groups is 1. The van der Waals surface area contributed by atoms with Crippen LogP contribution in [0.15, 0.2) is 12.3 Å². The Balaban J connectivity index is 1.59. The third kappa shape index (κ3) is 3.30. The van der Waals surface area contributed by atoms with Gasteiger partial charge in [-0.15, -0.1) is 0 Å². The highest BCUT2D eigenvalue weighted by molar-refractivity contribution is 5.76. The zero-order chi connectivity index (χ0) is 16.4. The molecule has 0 radical (unpaired) electrons. The molecule has 2 aromatic rings. The SMILES string of the molecule is Cc1nn(C)c(C)c1CCC(=O)N1CCC[C@H](c2ccn[nH]2)C1. The summed E-state index contributed by atoms with van der Waals surface area (Å²) in [4.78, 5) is 14.6. The number of rotatable bonds is 4. The van der Waals surface area contributed by atoms with Gasteiger partial charge in [0.05, 0.1) is 5.69 Å². The second kappa shape index (κ2) is 6.56. The Kier molecular flexibility index (Phi) is 4.50. The second-order valence-electron chi connectivity index (χ2n) is 6.46. The molecule has 0 saturated carbocycles. The molecule has 0 aliphatic carbocycles. The van der Waals surface area contributed by atoms with Gasteiger partial charge in [0, 0.05) is 50.1 Å². The van der Waals surface area contributed by atoms with Crippen LogP contribution in [0.2, 0.25) is 0 Å². The number of aryl methyl sites for hydroxylation is 2. The Morgan fingerprint density at radius 1 is 1.43 bits per heavy atom. The fourth-order valence-corrected chi connectivity index (χ4v) is 3.52. The zero-order valence-corrected chi connectivity index (χ0v) is 14.2. The van der Waals surface area contributed by atoms with Gasteiger partial charge in [-0.25, -0.2) is 0 Å². The topological polar surface area (TPSA) is 66.8 Å². The van der Waals surface area contributed by atoms with Crippen molar-refractivity contribution in [1.82, 2.24) is 24.9 Å². The number of hydrogen-bond acceptors (Lipinski definition) is 3. The van der Waals surface area contributed by atoms with Crippen molar-refractivity contribution in [1.29, 1.82) is 0 Å². The first-order valence-electron chi connectivity index (χ1n) is 8.32. The lowest BCUT2D eigenvalue weighted by molar-refractivity contribution is -0.132. The molecule has 0 unspecified atom stereocenters. The fraction of sp³-hybridized carbons (Fsp3) is 0.588. The molecule has 1 fully saturated rings. The summed E-state index contributed by atoms with van der Waals surface area (Å²) in [7, 11) is 1.95. The summed E-state index contributed by atoms with van der Waals surface area (Å²) in [5.41, 5.74) is 4.54. The van der Waals surface area contributed by atoms with Crippen molar-refractivity contribution in [2.45, 2.75) is 45.4 Å². The van der Waals surface area contributed by atoms with Crippen molar-refractivity contribution in [3.63, 3.8) is 0 Å². The van der Waals surface area contributed by atoms with Crippen molar-refractivity contribution in [2.75, 3.05) is 13.1 Å². The molecular weight excluding hydrogens is 290 g/mol. The van der Waals surface area contributed by atoms with E-state index in [2.05, 4.69) is 22.2 Å². The van der Waals surface area contributed by atoms with Gasteiger partial charge in [0.15, 0.2) is 0 Å². The van der Waals surface area contributed by atoms with Crippen molar-refractivity contribution in [2.24, 2.45) is 7.05 Å². The van der Waals surface area contributed by atoms with Crippen LogP contribution in [0.4, 0.5) is 0 Å². The molecule has 6 nitrogen and oxygen atoms in total. The minimum atomic E-state index is 0.247. The van der Waals surface area contributed by atoms with Crippen LogP contribution in [0.3, 0.4) is 0 Å². The van der Waals surface area contributed by atoms with E-state index in [0.717, 1.165) is 49.4 Å². The van der Waals surface area contributed by atoms with Gasteiger partial charge < -0.3 is 4.90 Å². The smallest absolute Gasteiger partial charge is 0.222 e. The van der Waals surface area contributed by atoms with E-state index in [1.54, 1.807) is 6.20 Å². The summed E-state index contributed by atoms with van der Waals surface area (Å²) in [5.74, 6) is 0.633. The molecule has 1 saturated heterocycles. The van der Waals surface area contributed by atoms with Crippen LogP contribution in [0.5, 0.6) is 0 Å². The van der Waals surface area contributed by atoms with Gasteiger partial charge in [-0.05, 0) is 44.7 Å². The van der Waals surface area contributed by atoms with Crippen LogP contribution in [-0.2, 0) is 18.3 Å². The first-order valence-corrected chi connectivity index (χ1v) is 8.32. The largest absolute Gasteiger partial charge is 0.342 e. The standard InChI is InChI=1S/C17H25N5O/c1-12-15(13(2)21(3)20-12)6-7-17(23)22-10-4-5-14(11-22)16-8-9-18-19-16/h8-9,14H,4-7,10-11H2,1-3H3,(H,18,19)/t14-/m0/s1. The molecule has 0 aromatic carbocycles. The van der Waals surface area contributed by atoms with E-state index in [4.69, 9.17) is 0 Å². The van der Waals surface area contributed by atoms with E-state index in [0.29, 0.717) is 12.3 Å². The van der Waals surface area contributed by atoms with Crippen molar-refractivity contribution < 1.29 is 4.79 Å². The van der Waals surface area contributed by atoms with Gasteiger partial charge in [-0.3, -0.25) is 14.6 Å². The number of nitrogens with zero attached hydrogens (tertiary/aromatic N) is 4. The van der Waals surface area contributed by atoms with Gasteiger partial charge in [0.1, 0.15) is 0 Å². The molecule has 3 heterocycles. The highest BCUT2D eigenvalue weighted by Crippen LogP contribution is 2.26. The number of H-pyrrole nitrogens is 1. The number of amides is 1. The summed E-state index contributed by atoms with van der Waals surface area (Å²) in [6.07, 6.45) is 5.29. The fourth-order valence-electron chi connectivity index (χ4n) is 3.52. The number of piperidine rings is 1. The minimum absolute atomic E-state index is 0.247. The Morgan fingerprint density at radius 3 is 2.91 bits per heavy atom. The Morgan fingerprint density at radius 2 is 2.26 bits per heavy atom. The average molecular weight is 315 g/mol. The predicted molar refractivity (Wildman–Crippen MR) is 88.1 cm³/mol. The van der Waals surface area contributed by atoms with Crippen LogP contribution in [0.25, 0.3) is 0 Å². The first-order chi connectivity index (χ1) is 11.1. The lowest BCUT2D eigenvalue weighted by atomic mass is 9.94. The van der Waals surface area contributed by atoms with Gasteiger partial charge in [0.25, 0.3) is 0 Å². The molecule has 23 heavy (non-hydrogen) atoms. The van der Waals surface area contributed by atoms with E-state index < -0.39 is 0 Å². The Bertz CT molecular complexity index is 673. The third-order valence-corrected chi connectivity index (χ3v) is 4.98. The van der Waals surface area contributed by atoms with Gasteiger partial charge in [-0.2, -0.15) is 10.2 Å². The highest BCUT2D eigenvalue weighted by atomic mass is 16.2. The number of aromatic nitrogens is 4. The van der Waals surface area contributed by atoms with E-state index in [1.165, 1.54) is 5.56 Å². The van der Waals surface area contributed by atoms with Gasteiger partial charge in [0.2, 0.25) is 5.91 Å². The number of hydrogen-bond donors (Lipinski definition) is 1. The molecule has 6 heteroatoms. The molecule has 2 aromatic heterocycles. The van der Waals surface area contributed by atoms with Crippen LogP contribution < -0.4 is 0 Å². The Hall–Kier alpha value is -2.11. The van der Waals surface area contributed by atoms with Gasteiger partial charge >= 0.3 is 0 Å². The summed E-state index contributed by atoms with van der Waals surface area (Å²) in [6, 6.07) is 2.01. The minimum Gasteiger partial charge on any atom is -0.342 e. The molecule has 3 rings (SSSR count). The van der Waals surface area contributed by atoms with E-state index in [9.17, 15) is 4.79 Å². The highest BCUT2D eigenvalue weighted by Gasteiger charge is 2.25. The molecule has 1 N–H and O–H groups in total. The molecule has 124 valence electrons. The summed E-state index contributed by atoms with van der Waals surface area (Å²) in [6.45, 7) is 5.75. The van der Waals surface area contributed by atoms with Crippen LogP contribution in [0.1, 0.15) is 47.8 Å². The van der Waals surface area contributed by atoms with Crippen LogP contribution >= 0.6 is 0 Å². The number of aromatic amines is 1. The van der Waals surface area contributed by atoms with Crippen LogP contribution in [-0.4, -0.2) is 43.9 Å². The maximum atomic E-state index is 12.6. The lowest BCUT2D eigenvalue weighted by Crippen LogP contribution is -2.39. The van der Waals surface area contributed by atoms with E-state index >= 15 is 0 Å². The molecule has 1 atom stereocenters. The normalized spacial score (nSPS) is 18.4. The number of carbonyl (C=O) groups excluding carboxylic acids is 1. The van der Waals surface area contributed by atoms with Crippen molar-refractivity contribution in [3.8, 4) is 0 Å². The summed E-state index contributed by atoms with van der Waals surface area (Å²) >= 11 is 0. The van der Waals surface area contributed by atoms with Crippen molar-refractivity contribution >= 4 is 5.91 Å². The van der Waals surface area contributed by atoms with Crippen molar-refractivity contribution in [3.05, 3.63) is 34.9 Å². The monoisotopic (exact) mass is 315 g/mol. The lowest BCUT2D eigenvalue weighted by Gasteiger charge is -2.32. The maximum absolute atomic E-state index is 12.6.